The Morgan fingerprint density at radius 2 is 2.00 bits per heavy atom. The fourth-order valence-corrected chi connectivity index (χ4v) is 5.82. The summed E-state index contributed by atoms with van der Waals surface area (Å²) >= 11 is 0. The summed E-state index contributed by atoms with van der Waals surface area (Å²) in [6.07, 6.45) is 5.15. The third-order valence-electron chi connectivity index (χ3n) is 7.83. The molecule has 0 bridgehead atoms. The van der Waals surface area contributed by atoms with Gasteiger partial charge in [0, 0.05) is 49.4 Å². The molecule has 38 heavy (non-hydrogen) atoms. The van der Waals surface area contributed by atoms with Crippen molar-refractivity contribution in [3.05, 3.63) is 63.5 Å². The van der Waals surface area contributed by atoms with Crippen LogP contribution in [0.1, 0.15) is 41.2 Å². The van der Waals surface area contributed by atoms with Crippen molar-refractivity contribution < 1.29 is 19.4 Å². The zero-order valence-electron chi connectivity index (χ0n) is 21.8. The molecular formula is C28H31N5O5. The molecule has 0 radical (unpaired) electrons. The molecular weight excluding hydrogens is 486 g/mol. The lowest BCUT2D eigenvalue weighted by Gasteiger charge is -2.31. The maximum Gasteiger partial charge on any atom is 0.276 e. The third kappa shape index (κ3) is 3.95. The van der Waals surface area contributed by atoms with Gasteiger partial charge in [-0.3, -0.25) is 19.3 Å². The van der Waals surface area contributed by atoms with Gasteiger partial charge in [-0.05, 0) is 47.6 Å². The number of hydrogen-bond donors (Lipinski definition) is 2. The van der Waals surface area contributed by atoms with Gasteiger partial charge in [-0.15, -0.1) is 0 Å². The molecule has 0 aromatic carbocycles. The van der Waals surface area contributed by atoms with Gasteiger partial charge >= 0.3 is 0 Å². The maximum absolute atomic E-state index is 13.7. The first-order valence-corrected chi connectivity index (χ1v) is 12.9. The molecule has 198 valence electrons. The van der Waals surface area contributed by atoms with Crippen LogP contribution >= 0.6 is 0 Å². The minimum absolute atomic E-state index is 0.140. The van der Waals surface area contributed by atoms with Crippen molar-refractivity contribution in [2.75, 3.05) is 30.0 Å². The Kier molecular flexibility index (Phi) is 5.77. The number of nitrogens with zero attached hydrogens (tertiary/aromatic N) is 4. The lowest BCUT2D eigenvalue weighted by atomic mass is 9.90. The van der Waals surface area contributed by atoms with E-state index >= 15 is 0 Å². The molecule has 6 rings (SSSR count). The Labute approximate surface area is 219 Å². The highest BCUT2D eigenvalue weighted by atomic mass is 16.5. The Hall–Kier alpha value is -3.76. The Balaban J connectivity index is 1.36. The van der Waals surface area contributed by atoms with E-state index in [2.05, 4.69) is 28.7 Å². The molecule has 2 amide bonds. The zero-order valence-corrected chi connectivity index (χ0v) is 21.8. The summed E-state index contributed by atoms with van der Waals surface area (Å²) in [4.78, 5) is 45.0. The molecule has 3 aromatic rings. The molecule has 10 nitrogen and oxygen atoms in total. The second-order valence-corrected chi connectivity index (χ2v) is 11.2. The molecule has 2 N–H and O–H groups in total. The first-order valence-electron chi connectivity index (χ1n) is 12.9. The topological polar surface area (TPSA) is 119 Å². The summed E-state index contributed by atoms with van der Waals surface area (Å²) in [5.74, 6) is -0.283. The Morgan fingerprint density at radius 1 is 1.21 bits per heavy atom. The number of aryl methyl sites for hydroxylation is 1. The van der Waals surface area contributed by atoms with Gasteiger partial charge in [0.25, 0.3) is 11.5 Å². The van der Waals surface area contributed by atoms with Crippen LogP contribution in [0.5, 0.6) is 0 Å². The van der Waals surface area contributed by atoms with E-state index in [4.69, 9.17) is 4.74 Å². The Bertz CT molecular complexity index is 1530. The largest absolute Gasteiger partial charge is 0.392 e. The van der Waals surface area contributed by atoms with E-state index in [1.807, 2.05) is 6.07 Å². The highest BCUT2D eigenvalue weighted by Gasteiger charge is 2.37. The molecule has 0 saturated carbocycles. The van der Waals surface area contributed by atoms with Crippen LogP contribution < -0.4 is 15.8 Å². The first-order chi connectivity index (χ1) is 18.2. The summed E-state index contributed by atoms with van der Waals surface area (Å²) in [7, 11) is 1.61. The number of ether oxygens (including phenoxy) is 1. The number of rotatable bonds is 5. The van der Waals surface area contributed by atoms with Crippen molar-refractivity contribution in [2.24, 2.45) is 18.4 Å². The van der Waals surface area contributed by atoms with E-state index in [0.717, 1.165) is 12.8 Å². The van der Waals surface area contributed by atoms with E-state index in [-0.39, 0.29) is 41.0 Å². The normalized spacial score (nSPS) is 18.2. The third-order valence-corrected chi connectivity index (χ3v) is 7.83. The predicted octanol–water partition coefficient (Wildman–Crippen LogP) is 2.11. The van der Waals surface area contributed by atoms with Gasteiger partial charge in [0.15, 0.2) is 0 Å². The van der Waals surface area contributed by atoms with Crippen LogP contribution in [0.3, 0.4) is 0 Å². The standard InChI is InChI=1S/C28H31N5O5/c1-28(2)10-16-9-22-27(37)33(7-6-32(22)23(16)11-28)24-20(13-34)19(4-5-29-24)17-8-21(26(36)31(3)12-17)30-25(35)18-14-38-15-18/h4-5,8-9,12,18,34H,6-7,10-11,13-15H2,1-3H3,(H,30,35). The van der Waals surface area contributed by atoms with Crippen LogP contribution in [0.4, 0.5) is 11.5 Å². The summed E-state index contributed by atoms with van der Waals surface area (Å²) < 4.78 is 8.62. The first kappa shape index (κ1) is 24.6. The van der Waals surface area contributed by atoms with Gasteiger partial charge in [-0.2, -0.15) is 0 Å². The van der Waals surface area contributed by atoms with E-state index in [0.29, 0.717) is 54.5 Å². The zero-order chi connectivity index (χ0) is 26.8. The van der Waals surface area contributed by atoms with E-state index in [9.17, 15) is 19.5 Å². The van der Waals surface area contributed by atoms with Gasteiger partial charge in [-0.25, -0.2) is 4.98 Å². The summed E-state index contributed by atoms with van der Waals surface area (Å²) in [6.45, 7) is 5.91. The number of fused-ring (bicyclic) bond motifs is 3. The maximum atomic E-state index is 13.7. The number of pyridine rings is 2. The monoisotopic (exact) mass is 517 g/mol. The molecule has 0 atom stereocenters. The molecule has 3 aromatic heterocycles. The van der Waals surface area contributed by atoms with Gasteiger partial charge in [0.2, 0.25) is 5.91 Å². The lowest BCUT2D eigenvalue weighted by Crippen LogP contribution is -2.41. The van der Waals surface area contributed by atoms with E-state index in [1.54, 1.807) is 36.5 Å². The van der Waals surface area contributed by atoms with Crippen LogP contribution in [0, 0.1) is 11.3 Å². The highest BCUT2D eigenvalue weighted by Crippen LogP contribution is 2.40. The van der Waals surface area contributed by atoms with Crippen molar-refractivity contribution in [3.8, 4) is 11.1 Å². The number of amides is 2. The van der Waals surface area contributed by atoms with Crippen molar-refractivity contribution in [1.82, 2.24) is 14.1 Å². The Morgan fingerprint density at radius 3 is 2.71 bits per heavy atom. The van der Waals surface area contributed by atoms with Crippen molar-refractivity contribution in [1.29, 1.82) is 0 Å². The molecule has 1 aliphatic carbocycles. The number of aromatic nitrogens is 3. The quantitative estimate of drug-likeness (QED) is 0.535. The number of nitrogens with one attached hydrogen (secondary N) is 1. The number of anilines is 2. The second kappa shape index (κ2) is 8.92. The van der Waals surface area contributed by atoms with Crippen LogP contribution in [0.25, 0.3) is 11.1 Å². The number of hydrogen-bond acceptors (Lipinski definition) is 6. The number of carbonyl (C=O) groups is 2. The van der Waals surface area contributed by atoms with Crippen LogP contribution in [0.15, 0.2) is 35.4 Å². The van der Waals surface area contributed by atoms with Crippen LogP contribution in [-0.4, -0.2) is 50.8 Å². The van der Waals surface area contributed by atoms with E-state index in [1.165, 1.54) is 15.8 Å². The van der Waals surface area contributed by atoms with Crippen molar-refractivity contribution >= 4 is 23.3 Å². The fraction of sp³-hybridized carbons (Fsp3) is 0.429. The minimum atomic E-state index is -0.349. The number of aliphatic hydroxyl groups excluding tert-OH is 1. The summed E-state index contributed by atoms with van der Waals surface area (Å²) in [6, 6.07) is 5.36. The molecule has 3 aliphatic rings. The van der Waals surface area contributed by atoms with Crippen molar-refractivity contribution in [3.63, 3.8) is 0 Å². The van der Waals surface area contributed by atoms with E-state index < -0.39 is 0 Å². The SMILES string of the molecule is Cn1cc(-c2ccnc(N3CCn4c(cc5c4CC(C)(C)C5)C3=O)c2CO)cc(NC(=O)C2COC2)c1=O. The average Bonchev–Trinajstić information content (AvgIpc) is 3.32. The predicted molar refractivity (Wildman–Crippen MR) is 141 cm³/mol. The summed E-state index contributed by atoms with van der Waals surface area (Å²) in [5, 5.41) is 13.2. The summed E-state index contributed by atoms with van der Waals surface area (Å²) in [5.41, 5.74) is 4.87. The highest BCUT2D eigenvalue weighted by molar-refractivity contribution is 6.06. The molecule has 2 aliphatic heterocycles. The molecule has 0 unspecified atom stereocenters. The molecule has 0 spiro atoms. The lowest BCUT2D eigenvalue weighted by molar-refractivity contribution is -0.133. The van der Waals surface area contributed by atoms with Crippen molar-refractivity contribution in [2.45, 2.75) is 39.8 Å². The van der Waals surface area contributed by atoms with Crippen LogP contribution in [-0.2, 0) is 42.6 Å². The molecule has 10 heteroatoms. The second-order valence-electron chi connectivity index (χ2n) is 11.2. The minimum Gasteiger partial charge on any atom is -0.392 e. The van der Waals surface area contributed by atoms with Gasteiger partial charge in [-0.1, -0.05) is 13.8 Å². The van der Waals surface area contributed by atoms with Gasteiger partial charge in [0.05, 0.1) is 25.7 Å². The fourth-order valence-electron chi connectivity index (χ4n) is 5.82. The average molecular weight is 518 g/mol. The molecule has 1 fully saturated rings. The smallest absolute Gasteiger partial charge is 0.276 e. The number of carbonyl (C=O) groups excluding carboxylic acids is 2. The van der Waals surface area contributed by atoms with Gasteiger partial charge in [0.1, 0.15) is 17.2 Å². The number of aliphatic hydroxyl groups is 1. The van der Waals surface area contributed by atoms with Gasteiger partial charge < -0.3 is 24.3 Å². The molecule has 5 heterocycles. The van der Waals surface area contributed by atoms with Crippen LogP contribution in [0.2, 0.25) is 0 Å². The molecule has 1 saturated heterocycles.